The SMILES string of the molecule is CN(CC(N)=O)C(=O)c1ccc(F)nc1. The number of pyridine rings is 1. The summed E-state index contributed by atoms with van der Waals surface area (Å²) in [6, 6.07) is 2.37. The van der Waals surface area contributed by atoms with Gasteiger partial charge >= 0.3 is 0 Å². The Labute approximate surface area is 85.7 Å². The molecule has 80 valence electrons. The third-order valence-electron chi connectivity index (χ3n) is 1.71. The minimum Gasteiger partial charge on any atom is -0.368 e. The number of aromatic nitrogens is 1. The molecular weight excluding hydrogens is 201 g/mol. The number of carbonyl (C=O) groups is 2. The van der Waals surface area contributed by atoms with Crippen molar-refractivity contribution in [2.75, 3.05) is 13.6 Å². The molecule has 1 rings (SSSR count). The Kier molecular flexibility index (Phi) is 3.33. The number of amides is 2. The van der Waals surface area contributed by atoms with E-state index in [1.165, 1.54) is 13.1 Å². The lowest BCUT2D eigenvalue weighted by atomic mass is 10.2. The van der Waals surface area contributed by atoms with E-state index < -0.39 is 17.8 Å². The Morgan fingerprint density at radius 1 is 1.53 bits per heavy atom. The van der Waals surface area contributed by atoms with Gasteiger partial charge in [-0.15, -0.1) is 0 Å². The van der Waals surface area contributed by atoms with Crippen molar-refractivity contribution in [1.82, 2.24) is 9.88 Å². The molecule has 6 heteroatoms. The average Bonchev–Trinajstić information content (AvgIpc) is 2.17. The van der Waals surface area contributed by atoms with Crippen LogP contribution in [-0.4, -0.2) is 35.3 Å². The van der Waals surface area contributed by atoms with Crippen LogP contribution < -0.4 is 5.73 Å². The van der Waals surface area contributed by atoms with Crippen molar-refractivity contribution in [2.24, 2.45) is 5.73 Å². The standard InChI is InChI=1S/C9H10FN3O2/c1-13(5-8(11)14)9(15)6-2-3-7(10)12-4-6/h2-4H,5H2,1H3,(H2,11,14). The van der Waals surface area contributed by atoms with E-state index in [4.69, 9.17) is 5.73 Å². The van der Waals surface area contributed by atoms with Crippen molar-refractivity contribution in [3.63, 3.8) is 0 Å². The van der Waals surface area contributed by atoms with Gasteiger partial charge in [0, 0.05) is 13.2 Å². The first-order chi connectivity index (χ1) is 7.00. The first-order valence-corrected chi connectivity index (χ1v) is 4.16. The third kappa shape index (κ3) is 3.01. The average molecular weight is 211 g/mol. The second kappa shape index (κ2) is 4.50. The molecular formula is C9H10FN3O2. The number of nitrogens with zero attached hydrogens (tertiary/aromatic N) is 2. The number of nitrogens with two attached hydrogens (primary N) is 1. The zero-order valence-corrected chi connectivity index (χ0v) is 8.11. The maximum Gasteiger partial charge on any atom is 0.255 e. The molecule has 2 N–H and O–H groups in total. The zero-order valence-electron chi connectivity index (χ0n) is 8.11. The van der Waals surface area contributed by atoms with E-state index in [0.29, 0.717) is 0 Å². The number of halogens is 1. The normalized spacial score (nSPS) is 9.73. The number of rotatable bonds is 3. The summed E-state index contributed by atoms with van der Waals surface area (Å²) in [5.74, 6) is -1.70. The number of hydrogen-bond donors (Lipinski definition) is 1. The van der Waals surface area contributed by atoms with Gasteiger partial charge in [-0.1, -0.05) is 0 Å². The van der Waals surface area contributed by atoms with Crippen LogP contribution in [0, 0.1) is 5.95 Å². The molecule has 1 aromatic heterocycles. The highest BCUT2D eigenvalue weighted by Gasteiger charge is 2.13. The van der Waals surface area contributed by atoms with Crippen molar-refractivity contribution in [2.45, 2.75) is 0 Å². The molecule has 0 aromatic carbocycles. The summed E-state index contributed by atoms with van der Waals surface area (Å²) in [6.07, 6.45) is 1.11. The van der Waals surface area contributed by atoms with Crippen molar-refractivity contribution >= 4 is 11.8 Å². The molecule has 0 saturated heterocycles. The van der Waals surface area contributed by atoms with Crippen LogP contribution in [0.1, 0.15) is 10.4 Å². The Morgan fingerprint density at radius 3 is 2.67 bits per heavy atom. The summed E-state index contributed by atoms with van der Waals surface area (Å²) >= 11 is 0. The van der Waals surface area contributed by atoms with Crippen LogP contribution in [0.5, 0.6) is 0 Å². The largest absolute Gasteiger partial charge is 0.368 e. The lowest BCUT2D eigenvalue weighted by Gasteiger charge is -2.14. The Balaban J connectivity index is 2.76. The quantitative estimate of drug-likeness (QED) is 0.702. The van der Waals surface area contributed by atoms with Crippen molar-refractivity contribution in [3.05, 3.63) is 29.8 Å². The fourth-order valence-corrected chi connectivity index (χ4v) is 1.03. The number of hydrogen-bond acceptors (Lipinski definition) is 3. The topological polar surface area (TPSA) is 76.3 Å². The molecule has 2 amide bonds. The molecule has 0 aliphatic carbocycles. The predicted octanol–water partition coefficient (Wildman–Crippen LogP) is -0.222. The maximum absolute atomic E-state index is 12.5. The van der Waals surface area contributed by atoms with Crippen LogP contribution in [-0.2, 0) is 4.79 Å². The Bertz CT molecular complexity index is 377. The van der Waals surface area contributed by atoms with Crippen LogP contribution in [0.25, 0.3) is 0 Å². The first kappa shape index (κ1) is 11.1. The third-order valence-corrected chi connectivity index (χ3v) is 1.71. The molecule has 1 aromatic rings. The van der Waals surface area contributed by atoms with E-state index in [0.717, 1.165) is 17.2 Å². The molecule has 5 nitrogen and oxygen atoms in total. The van der Waals surface area contributed by atoms with Gasteiger partial charge in [0.05, 0.1) is 12.1 Å². The number of carbonyl (C=O) groups excluding carboxylic acids is 2. The predicted molar refractivity (Wildman–Crippen MR) is 50.3 cm³/mol. The van der Waals surface area contributed by atoms with Gasteiger partial charge < -0.3 is 10.6 Å². The molecule has 0 radical (unpaired) electrons. The van der Waals surface area contributed by atoms with Crippen LogP contribution in [0.4, 0.5) is 4.39 Å². The molecule has 0 atom stereocenters. The van der Waals surface area contributed by atoms with Crippen LogP contribution in [0.3, 0.4) is 0 Å². The van der Waals surface area contributed by atoms with Crippen molar-refractivity contribution in [1.29, 1.82) is 0 Å². The van der Waals surface area contributed by atoms with Gasteiger partial charge in [0.25, 0.3) is 5.91 Å². The minimum absolute atomic E-state index is 0.184. The van der Waals surface area contributed by atoms with Gasteiger partial charge in [0.1, 0.15) is 0 Å². The smallest absolute Gasteiger partial charge is 0.255 e. The monoisotopic (exact) mass is 211 g/mol. The van der Waals surface area contributed by atoms with Crippen LogP contribution in [0.2, 0.25) is 0 Å². The Morgan fingerprint density at radius 2 is 2.20 bits per heavy atom. The summed E-state index contributed by atoms with van der Waals surface area (Å²) in [5, 5.41) is 0. The lowest BCUT2D eigenvalue weighted by Crippen LogP contribution is -2.35. The second-order valence-corrected chi connectivity index (χ2v) is 3.00. The van der Waals surface area contributed by atoms with E-state index >= 15 is 0 Å². The molecule has 0 unspecified atom stereocenters. The van der Waals surface area contributed by atoms with E-state index in [9.17, 15) is 14.0 Å². The highest BCUT2D eigenvalue weighted by atomic mass is 19.1. The van der Waals surface area contributed by atoms with E-state index in [2.05, 4.69) is 4.98 Å². The Hall–Kier alpha value is -1.98. The summed E-state index contributed by atoms with van der Waals surface area (Å²) in [7, 11) is 1.43. The molecule has 1 heterocycles. The summed E-state index contributed by atoms with van der Waals surface area (Å²) < 4.78 is 12.5. The highest BCUT2D eigenvalue weighted by Crippen LogP contribution is 2.02. The molecule has 0 spiro atoms. The van der Waals surface area contributed by atoms with Crippen molar-refractivity contribution in [3.8, 4) is 0 Å². The molecule has 0 aliphatic heterocycles. The summed E-state index contributed by atoms with van der Waals surface area (Å²) in [6.45, 7) is -0.184. The highest BCUT2D eigenvalue weighted by molar-refractivity contribution is 5.95. The number of likely N-dealkylation sites (N-methyl/N-ethyl adjacent to an activating group) is 1. The van der Waals surface area contributed by atoms with Gasteiger partial charge in [-0.25, -0.2) is 4.98 Å². The van der Waals surface area contributed by atoms with Gasteiger partial charge in [0.2, 0.25) is 11.9 Å². The maximum atomic E-state index is 12.5. The van der Waals surface area contributed by atoms with E-state index in [-0.39, 0.29) is 12.1 Å². The molecule has 15 heavy (non-hydrogen) atoms. The fourth-order valence-electron chi connectivity index (χ4n) is 1.03. The van der Waals surface area contributed by atoms with Gasteiger partial charge in [-0.2, -0.15) is 4.39 Å². The van der Waals surface area contributed by atoms with Gasteiger partial charge in [0.15, 0.2) is 0 Å². The first-order valence-electron chi connectivity index (χ1n) is 4.16. The second-order valence-electron chi connectivity index (χ2n) is 3.00. The van der Waals surface area contributed by atoms with Crippen molar-refractivity contribution < 1.29 is 14.0 Å². The van der Waals surface area contributed by atoms with E-state index in [1.54, 1.807) is 0 Å². The van der Waals surface area contributed by atoms with Gasteiger partial charge in [-0.05, 0) is 12.1 Å². The minimum atomic E-state index is -0.663. The van der Waals surface area contributed by atoms with Gasteiger partial charge in [-0.3, -0.25) is 9.59 Å². The summed E-state index contributed by atoms with van der Waals surface area (Å²) in [4.78, 5) is 26.6. The van der Waals surface area contributed by atoms with Crippen LogP contribution in [0.15, 0.2) is 18.3 Å². The molecule has 0 aliphatic rings. The fraction of sp³-hybridized carbons (Fsp3) is 0.222. The molecule has 0 bridgehead atoms. The summed E-state index contributed by atoms with van der Waals surface area (Å²) in [5.41, 5.74) is 5.13. The zero-order chi connectivity index (χ0) is 11.4. The van der Waals surface area contributed by atoms with Crippen LogP contribution >= 0.6 is 0 Å². The van der Waals surface area contributed by atoms with E-state index in [1.807, 2.05) is 0 Å². The molecule has 0 saturated carbocycles. The lowest BCUT2D eigenvalue weighted by molar-refractivity contribution is -0.118. The molecule has 0 fully saturated rings. The number of primary amides is 1.